The molecule has 1 atom stereocenters. The lowest BCUT2D eigenvalue weighted by Crippen LogP contribution is -2.23. The van der Waals surface area contributed by atoms with Crippen LogP contribution in [0.25, 0.3) is 82.5 Å². The molecule has 0 spiro atoms. The Morgan fingerprint density at radius 2 is 1.21 bits per heavy atom. The lowest BCUT2D eigenvalue weighted by atomic mass is 9.73. The number of nitrogens with zero attached hydrogens (tertiary/aromatic N) is 2. The summed E-state index contributed by atoms with van der Waals surface area (Å²) in [5.74, 6) is 0. The van der Waals surface area contributed by atoms with Crippen molar-refractivity contribution in [3.05, 3.63) is 205 Å². The van der Waals surface area contributed by atoms with Gasteiger partial charge in [-0.05, 0) is 94.0 Å². The lowest BCUT2D eigenvalue weighted by Gasteiger charge is -2.32. The molecule has 3 heteroatoms. The third-order valence-corrected chi connectivity index (χ3v) is 12.9. The van der Waals surface area contributed by atoms with Gasteiger partial charge < -0.3 is 13.9 Å². The van der Waals surface area contributed by atoms with Crippen LogP contribution in [-0.4, -0.2) is 4.57 Å². The van der Waals surface area contributed by atoms with Crippen LogP contribution in [0.1, 0.15) is 23.6 Å². The molecule has 1 unspecified atom stereocenters. The van der Waals surface area contributed by atoms with Crippen molar-refractivity contribution in [2.75, 3.05) is 4.90 Å². The second kappa shape index (κ2) is 11.1. The first-order valence-corrected chi connectivity index (χ1v) is 19.8. The molecular weight excluding hydrogens is 693 g/mol. The van der Waals surface area contributed by atoms with Crippen LogP contribution in [0.4, 0.5) is 17.1 Å². The van der Waals surface area contributed by atoms with Crippen LogP contribution in [0.5, 0.6) is 0 Å². The molecule has 2 aromatic heterocycles. The fourth-order valence-electron chi connectivity index (χ4n) is 10.5. The number of benzene rings is 9. The predicted octanol–water partition coefficient (Wildman–Crippen LogP) is 14.6. The fourth-order valence-corrected chi connectivity index (χ4v) is 10.5. The average Bonchev–Trinajstić information content (AvgIpc) is 3.88. The van der Waals surface area contributed by atoms with Crippen molar-refractivity contribution in [3.63, 3.8) is 0 Å². The number of rotatable bonds is 4. The molecule has 1 aliphatic carbocycles. The molecule has 0 bridgehead atoms. The minimum Gasteiger partial charge on any atom is -0.456 e. The van der Waals surface area contributed by atoms with Crippen molar-refractivity contribution >= 4 is 71.6 Å². The Morgan fingerprint density at radius 3 is 2.12 bits per heavy atom. The van der Waals surface area contributed by atoms with Gasteiger partial charge in [-0.2, -0.15) is 0 Å². The van der Waals surface area contributed by atoms with E-state index in [0.717, 1.165) is 39.0 Å². The average molecular weight is 727 g/mol. The summed E-state index contributed by atoms with van der Waals surface area (Å²) in [6.07, 6.45) is 0. The van der Waals surface area contributed by atoms with Crippen LogP contribution in [0.2, 0.25) is 0 Å². The molecule has 0 saturated carbocycles. The van der Waals surface area contributed by atoms with Gasteiger partial charge in [0.05, 0.1) is 33.5 Å². The van der Waals surface area contributed by atoms with Crippen LogP contribution in [0.3, 0.4) is 0 Å². The molecule has 1 aliphatic heterocycles. The fraction of sp³-hybridized carbons (Fsp3) is 0.0370. The van der Waals surface area contributed by atoms with Crippen molar-refractivity contribution in [3.8, 4) is 27.9 Å². The molecule has 11 aromatic rings. The maximum Gasteiger partial charge on any atom is 0.137 e. The van der Waals surface area contributed by atoms with Gasteiger partial charge in [0.1, 0.15) is 11.2 Å². The zero-order chi connectivity index (χ0) is 37.4. The minimum absolute atomic E-state index is 0.429. The van der Waals surface area contributed by atoms with E-state index in [4.69, 9.17) is 4.42 Å². The van der Waals surface area contributed by atoms with Crippen LogP contribution < -0.4 is 4.90 Å². The van der Waals surface area contributed by atoms with E-state index >= 15 is 0 Å². The summed E-state index contributed by atoms with van der Waals surface area (Å²) in [5.41, 5.74) is 17.4. The van der Waals surface area contributed by atoms with Crippen LogP contribution in [0.15, 0.2) is 192 Å². The van der Waals surface area contributed by atoms with Crippen LogP contribution >= 0.6 is 0 Å². The number of aromatic nitrogens is 1. The standard InChI is InChI=1S/C54H34N2O/c1-54(35-17-3-2-4-18-35)41-23-13-22-38-37-19-7-10-24-43(37)56-44-25-11-8-20-39(44)51-46(32-42(54)52(49(38)41)53(51)56)55(36-30-29-33-15-5-6-16-34(33)31-36)45-26-14-28-48-50(45)40-21-9-12-27-47(40)57-48/h2-32H,1H3. The second-order valence-electron chi connectivity index (χ2n) is 15.7. The summed E-state index contributed by atoms with van der Waals surface area (Å²) in [6.45, 7) is 2.44. The Morgan fingerprint density at radius 1 is 0.491 bits per heavy atom. The van der Waals surface area contributed by atoms with Gasteiger partial charge in [-0.3, -0.25) is 0 Å². The molecule has 0 N–H and O–H groups in total. The molecule has 266 valence electrons. The van der Waals surface area contributed by atoms with Gasteiger partial charge >= 0.3 is 0 Å². The van der Waals surface area contributed by atoms with Crippen molar-refractivity contribution in [2.45, 2.75) is 12.3 Å². The highest BCUT2D eigenvalue weighted by Crippen LogP contribution is 2.62. The van der Waals surface area contributed by atoms with E-state index in [9.17, 15) is 0 Å². The van der Waals surface area contributed by atoms with Crippen molar-refractivity contribution < 1.29 is 4.42 Å². The SMILES string of the molecule is CC1(c2ccccc2)c2cccc3c2-c2c1cc(N(c1ccc4ccccc4c1)c1cccc4oc5ccccc5c14)c1c4ccccc4n(c21)-c1ccccc1-3. The van der Waals surface area contributed by atoms with Crippen molar-refractivity contribution in [1.82, 2.24) is 4.57 Å². The molecule has 13 rings (SSSR count). The summed E-state index contributed by atoms with van der Waals surface area (Å²) < 4.78 is 9.15. The molecule has 3 nitrogen and oxygen atoms in total. The van der Waals surface area contributed by atoms with E-state index in [0.29, 0.717) is 0 Å². The molecule has 0 radical (unpaired) electrons. The van der Waals surface area contributed by atoms with Gasteiger partial charge in [0.25, 0.3) is 0 Å². The highest BCUT2D eigenvalue weighted by Gasteiger charge is 2.46. The summed E-state index contributed by atoms with van der Waals surface area (Å²) >= 11 is 0. The zero-order valence-electron chi connectivity index (χ0n) is 31.2. The van der Waals surface area contributed by atoms with Gasteiger partial charge in [0, 0.05) is 38.4 Å². The molecule has 9 aromatic carbocycles. The van der Waals surface area contributed by atoms with E-state index in [1.165, 1.54) is 77.2 Å². The van der Waals surface area contributed by atoms with Gasteiger partial charge in [-0.15, -0.1) is 0 Å². The quantitative estimate of drug-likeness (QED) is 0.180. The highest BCUT2D eigenvalue weighted by molar-refractivity contribution is 6.25. The van der Waals surface area contributed by atoms with Gasteiger partial charge in [0.2, 0.25) is 0 Å². The number of para-hydroxylation sites is 3. The molecule has 0 amide bonds. The monoisotopic (exact) mass is 726 g/mol. The summed E-state index contributed by atoms with van der Waals surface area (Å²) in [7, 11) is 0. The minimum atomic E-state index is -0.429. The summed E-state index contributed by atoms with van der Waals surface area (Å²) in [5, 5.41) is 7.07. The van der Waals surface area contributed by atoms with Gasteiger partial charge in [-0.25, -0.2) is 0 Å². The molecule has 2 aliphatic rings. The largest absolute Gasteiger partial charge is 0.456 e. The van der Waals surface area contributed by atoms with E-state index < -0.39 is 5.41 Å². The molecular formula is C54H34N2O. The van der Waals surface area contributed by atoms with E-state index in [2.05, 4.69) is 204 Å². The van der Waals surface area contributed by atoms with Gasteiger partial charge in [0.15, 0.2) is 0 Å². The smallest absolute Gasteiger partial charge is 0.137 e. The third kappa shape index (κ3) is 3.95. The normalized spacial score (nSPS) is 15.2. The maximum atomic E-state index is 6.59. The first kappa shape index (κ1) is 30.9. The number of hydrogen-bond donors (Lipinski definition) is 0. The molecule has 3 heterocycles. The summed E-state index contributed by atoms with van der Waals surface area (Å²) in [4.78, 5) is 2.52. The Hall–Kier alpha value is -7.36. The third-order valence-electron chi connectivity index (χ3n) is 12.9. The zero-order valence-corrected chi connectivity index (χ0v) is 31.2. The van der Waals surface area contributed by atoms with E-state index in [1.54, 1.807) is 0 Å². The van der Waals surface area contributed by atoms with Crippen LogP contribution in [-0.2, 0) is 5.41 Å². The Balaban J connectivity index is 1.27. The number of fused-ring (bicyclic) bond motifs is 10. The first-order chi connectivity index (χ1) is 28.2. The molecule has 57 heavy (non-hydrogen) atoms. The van der Waals surface area contributed by atoms with E-state index in [-0.39, 0.29) is 0 Å². The number of hydrogen-bond acceptors (Lipinski definition) is 2. The number of anilines is 3. The van der Waals surface area contributed by atoms with Crippen molar-refractivity contribution in [2.24, 2.45) is 0 Å². The second-order valence-corrected chi connectivity index (χ2v) is 15.7. The number of furan rings is 1. The highest BCUT2D eigenvalue weighted by atomic mass is 16.3. The predicted molar refractivity (Wildman–Crippen MR) is 237 cm³/mol. The van der Waals surface area contributed by atoms with Crippen LogP contribution in [0, 0.1) is 0 Å². The van der Waals surface area contributed by atoms with E-state index in [1.807, 2.05) is 0 Å². The Labute approximate surface area is 329 Å². The Bertz CT molecular complexity index is 3500. The Kier molecular flexibility index (Phi) is 6.03. The topological polar surface area (TPSA) is 21.3 Å². The molecule has 0 saturated heterocycles. The first-order valence-electron chi connectivity index (χ1n) is 19.8. The summed E-state index contributed by atoms with van der Waals surface area (Å²) in [6, 6.07) is 69.1. The lowest BCUT2D eigenvalue weighted by molar-refractivity contribution is 0.669. The van der Waals surface area contributed by atoms with Gasteiger partial charge in [-0.1, -0.05) is 140 Å². The maximum absolute atomic E-state index is 6.59. The molecule has 0 fully saturated rings. The van der Waals surface area contributed by atoms with Crippen molar-refractivity contribution in [1.29, 1.82) is 0 Å².